The van der Waals surface area contributed by atoms with Crippen LogP contribution in [0.3, 0.4) is 0 Å². The lowest BCUT2D eigenvalue weighted by atomic mass is 10.1. The second-order valence-electron chi connectivity index (χ2n) is 3.84. The molecule has 1 heteroatoms. The van der Waals surface area contributed by atoms with Gasteiger partial charge in [0.05, 0.1) is 0 Å². The molecule has 0 radical (unpaired) electrons. The van der Waals surface area contributed by atoms with E-state index in [1.165, 1.54) is 21.6 Å². The molecule has 0 unspecified atom stereocenters. The third-order valence-electron chi connectivity index (χ3n) is 2.57. The molecule has 14 heavy (non-hydrogen) atoms. The summed E-state index contributed by atoms with van der Waals surface area (Å²) in [6, 6.07) is 13.2. The first-order valence-electron chi connectivity index (χ1n) is 4.86. The van der Waals surface area contributed by atoms with Crippen molar-refractivity contribution >= 4 is 24.0 Å². The number of benzene rings is 2. The first kappa shape index (κ1) is 9.68. The van der Waals surface area contributed by atoms with Gasteiger partial charge < -0.3 is 0 Å². The summed E-state index contributed by atoms with van der Waals surface area (Å²) in [6.45, 7) is 6.83. The lowest BCUT2D eigenvalue weighted by molar-refractivity contribution is 1.54. The highest BCUT2D eigenvalue weighted by Crippen LogP contribution is 2.29. The van der Waals surface area contributed by atoms with Crippen molar-refractivity contribution in [1.29, 1.82) is 0 Å². The van der Waals surface area contributed by atoms with Gasteiger partial charge in [0.15, 0.2) is 0 Å². The van der Waals surface area contributed by atoms with E-state index in [1.807, 2.05) is 0 Å². The van der Waals surface area contributed by atoms with Crippen molar-refractivity contribution in [2.24, 2.45) is 0 Å². The summed E-state index contributed by atoms with van der Waals surface area (Å²) in [4.78, 5) is 0. The molecule has 2 aromatic rings. The molecule has 0 spiro atoms. The molecule has 0 heterocycles. The summed E-state index contributed by atoms with van der Waals surface area (Å²) in [5, 5.41) is 4.36. The van der Waals surface area contributed by atoms with Crippen molar-refractivity contribution in [2.45, 2.75) is 6.92 Å². The number of aryl methyl sites for hydroxylation is 1. The first-order chi connectivity index (χ1) is 6.70. The van der Waals surface area contributed by atoms with Gasteiger partial charge in [-0.3, -0.25) is 0 Å². The molecule has 0 nitrogen and oxygen atoms in total. The maximum atomic E-state index is 2.32. The molecule has 0 aliphatic rings. The largest absolute Gasteiger partial charge is 0.0810 e. The minimum atomic E-state index is -0.0116. The van der Waals surface area contributed by atoms with Gasteiger partial charge in [-0.05, 0) is 41.9 Å². The Labute approximate surface area is 86.7 Å². The normalized spacial score (nSPS) is 11.1. The Morgan fingerprint density at radius 1 is 0.929 bits per heavy atom. The van der Waals surface area contributed by atoms with Crippen LogP contribution in [0.2, 0.25) is 0 Å². The van der Waals surface area contributed by atoms with Gasteiger partial charge in [0.25, 0.3) is 0 Å². The van der Waals surface area contributed by atoms with Gasteiger partial charge in [-0.2, -0.15) is 0 Å². The molecular weight excluding hydrogens is 187 g/mol. The van der Waals surface area contributed by atoms with Crippen LogP contribution in [0.4, 0.5) is 0 Å². The van der Waals surface area contributed by atoms with Gasteiger partial charge in [-0.15, -0.1) is 0 Å². The first-order valence-corrected chi connectivity index (χ1v) is 7.09. The van der Waals surface area contributed by atoms with Gasteiger partial charge in [0.1, 0.15) is 0 Å². The highest BCUT2D eigenvalue weighted by Gasteiger charge is 2.05. The fourth-order valence-corrected chi connectivity index (χ4v) is 3.02. The number of rotatable bonds is 1. The molecule has 0 N–H and O–H groups in total. The summed E-state index contributed by atoms with van der Waals surface area (Å²) >= 11 is 0. The van der Waals surface area contributed by atoms with Crippen molar-refractivity contribution in [2.75, 3.05) is 13.3 Å². The van der Waals surface area contributed by atoms with E-state index in [2.05, 4.69) is 56.7 Å². The van der Waals surface area contributed by atoms with Crippen LogP contribution in [0.1, 0.15) is 5.56 Å². The molecule has 0 saturated carbocycles. The van der Waals surface area contributed by atoms with Crippen LogP contribution in [0, 0.1) is 6.92 Å². The van der Waals surface area contributed by atoms with Crippen molar-refractivity contribution in [3.8, 4) is 0 Å². The van der Waals surface area contributed by atoms with E-state index >= 15 is 0 Å². The van der Waals surface area contributed by atoms with Crippen LogP contribution in [-0.4, -0.2) is 13.3 Å². The average Bonchev–Trinajstić information content (AvgIpc) is 2.17. The van der Waals surface area contributed by atoms with Gasteiger partial charge >= 0.3 is 0 Å². The summed E-state index contributed by atoms with van der Waals surface area (Å²) in [6.07, 6.45) is 0. The molecule has 0 aromatic heterocycles. The van der Waals surface area contributed by atoms with Crippen LogP contribution in [0.25, 0.3) is 10.8 Å². The van der Waals surface area contributed by atoms with Crippen LogP contribution in [-0.2, 0) is 0 Å². The van der Waals surface area contributed by atoms with Crippen molar-refractivity contribution in [3.63, 3.8) is 0 Å². The molecule has 2 aromatic carbocycles. The molecule has 0 bridgehead atoms. The Bertz CT molecular complexity index is 452. The Hall–Kier alpha value is -0.870. The standard InChI is InChI=1S/C13H15P/c1-10-6-4-7-11-8-5-9-12(13(10)11)14(2)3/h4-9H,1-3H3. The predicted molar refractivity (Wildman–Crippen MR) is 67.1 cm³/mol. The topological polar surface area (TPSA) is 0 Å². The Kier molecular flexibility index (Phi) is 2.56. The lowest BCUT2D eigenvalue weighted by Crippen LogP contribution is -2.01. The predicted octanol–water partition coefficient (Wildman–Crippen LogP) is 3.52. The van der Waals surface area contributed by atoms with E-state index in [4.69, 9.17) is 0 Å². The summed E-state index contributed by atoms with van der Waals surface area (Å²) in [5.41, 5.74) is 1.40. The molecule has 0 aliphatic carbocycles. The van der Waals surface area contributed by atoms with Crippen molar-refractivity contribution in [1.82, 2.24) is 0 Å². The Morgan fingerprint density at radius 2 is 1.57 bits per heavy atom. The van der Waals surface area contributed by atoms with E-state index in [-0.39, 0.29) is 7.92 Å². The Balaban J connectivity index is 2.84. The molecule has 72 valence electrons. The lowest BCUT2D eigenvalue weighted by Gasteiger charge is -2.12. The molecule has 0 aliphatic heterocycles. The van der Waals surface area contributed by atoms with E-state index in [0.29, 0.717) is 0 Å². The average molecular weight is 202 g/mol. The van der Waals surface area contributed by atoms with Crippen molar-refractivity contribution < 1.29 is 0 Å². The molecule has 2 rings (SSSR count). The molecule has 0 amide bonds. The summed E-state index contributed by atoms with van der Waals surface area (Å²) < 4.78 is 0. The fraction of sp³-hybridized carbons (Fsp3) is 0.231. The zero-order valence-electron chi connectivity index (χ0n) is 8.91. The highest BCUT2D eigenvalue weighted by atomic mass is 31.1. The number of fused-ring (bicyclic) bond motifs is 1. The van der Waals surface area contributed by atoms with E-state index in [1.54, 1.807) is 0 Å². The second kappa shape index (κ2) is 3.71. The van der Waals surface area contributed by atoms with Crippen molar-refractivity contribution in [3.05, 3.63) is 42.0 Å². The zero-order chi connectivity index (χ0) is 10.1. The molecule has 0 saturated heterocycles. The molecule has 0 atom stereocenters. The number of hydrogen-bond donors (Lipinski definition) is 0. The van der Waals surface area contributed by atoms with Crippen LogP contribution in [0.15, 0.2) is 36.4 Å². The molecule has 0 fully saturated rings. The smallest absolute Gasteiger partial charge is 0.00779 e. The Morgan fingerprint density at radius 3 is 2.21 bits per heavy atom. The zero-order valence-corrected chi connectivity index (χ0v) is 9.81. The van der Waals surface area contributed by atoms with Crippen LogP contribution in [0.5, 0.6) is 0 Å². The maximum absolute atomic E-state index is 2.32. The summed E-state index contributed by atoms with van der Waals surface area (Å²) in [7, 11) is -0.0116. The minimum absolute atomic E-state index is 0.0116. The SMILES string of the molecule is Cc1cccc2cccc(P(C)C)c12. The second-order valence-corrected chi connectivity index (χ2v) is 6.12. The van der Waals surface area contributed by atoms with Crippen LogP contribution < -0.4 is 5.30 Å². The fourth-order valence-electron chi connectivity index (χ4n) is 1.88. The van der Waals surface area contributed by atoms with E-state index in [0.717, 1.165) is 0 Å². The monoisotopic (exact) mass is 202 g/mol. The van der Waals surface area contributed by atoms with Crippen LogP contribution >= 0.6 is 7.92 Å². The molecular formula is C13H15P. The summed E-state index contributed by atoms with van der Waals surface area (Å²) in [5.74, 6) is 0. The highest BCUT2D eigenvalue weighted by molar-refractivity contribution is 7.64. The quantitative estimate of drug-likeness (QED) is 0.621. The number of hydrogen-bond acceptors (Lipinski definition) is 0. The van der Waals surface area contributed by atoms with Gasteiger partial charge in [-0.25, -0.2) is 0 Å². The van der Waals surface area contributed by atoms with E-state index in [9.17, 15) is 0 Å². The van der Waals surface area contributed by atoms with Gasteiger partial charge in [0, 0.05) is 0 Å². The third-order valence-corrected chi connectivity index (χ3v) is 3.91. The minimum Gasteiger partial charge on any atom is -0.0810 e. The third kappa shape index (κ3) is 1.55. The maximum Gasteiger partial charge on any atom is -0.00779 e. The van der Waals surface area contributed by atoms with E-state index < -0.39 is 0 Å². The van der Waals surface area contributed by atoms with Gasteiger partial charge in [0.2, 0.25) is 0 Å². The van der Waals surface area contributed by atoms with Gasteiger partial charge in [-0.1, -0.05) is 44.3 Å².